The number of rotatable bonds is 3. The van der Waals surface area contributed by atoms with Crippen molar-refractivity contribution >= 4 is 28.6 Å². The molecular weight excluding hydrogens is 376 g/mol. The summed E-state index contributed by atoms with van der Waals surface area (Å²) >= 11 is 0. The molecule has 2 aromatic heterocycles. The third kappa shape index (κ3) is 3.50. The van der Waals surface area contributed by atoms with Crippen molar-refractivity contribution in [2.75, 3.05) is 11.9 Å². The normalized spacial score (nSPS) is 13.3. The van der Waals surface area contributed by atoms with Gasteiger partial charge in [-0.1, -0.05) is 6.07 Å². The fourth-order valence-corrected chi connectivity index (χ4v) is 3.98. The molecule has 0 unspecified atom stereocenters. The first-order valence-electron chi connectivity index (χ1n) is 9.98. The molecule has 3 heterocycles. The number of amides is 1. The highest BCUT2D eigenvalue weighted by Crippen LogP contribution is 2.23. The van der Waals surface area contributed by atoms with E-state index in [1.165, 1.54) is 11.1 Å². The van der Waals surface area contributed by atoms with Gasteiger partial charge in [0, 0.05) is 42.5 Å². The number of fused-ring (bicyclic) bond motifs is 2. The molecule has 1 aliphatic rings. The van der Waals surface area contributed by atoms with E-state index in [-0.39, 0.29) is 5.91 Å². The Bertz CT molecular complexity index is 1240. The predicted octanol–water partition coefficient (Wildman–Crippen LogP) is 3.91. The summed E-state index contributed by atoms with van der Waals surface area (Å²) in [5, 5.41) is 3.30. The van der Waals surface area contributed by atoms with Crippen LogP contribution < -0.4 is 5.32 Å². The molecule has 150 valence electrons. The molecule has 4 aromatic rings. The number of aromatic amines is 1. The highest BCUT2D eigenvalue weighted by Gasteiger charge is 2.23. The fraction of sp³-hybridized carbons (Fsp3) is 0.217. The highest BCUT2D eigenvalue weighted by molar-refractivity contribution is 5.97. The number of aryl methyl sites for hydroxylation is 2. The number of carbonyl (C=O) groups is 1. The van der Waals surface area contributed by atoms with Gasteiger partial charge in [0.05, 0.1) is 23.1 Å². The van der Waals surface area contributed by atoms with Crippen molar-refractivity contribution in [1.29, 1.82) is 0 Å². The minimum absolute atomic E-state index is 0.00888. The average molecular weight is 398 g/mol. The van der Waals surface area contributed by atoms with E-state index in [1.54, 1.807) is 6.33 Å². The lowest BCUT2D eigenvalue weighted by molar-refractivity contribution is 0.0733. The first kappa shape index (κ1) is 18.3. The minimum Gasteiger partial charge on any atom is -0.345 e. The van der Waals surface area contributed by atoms with Gasteiger partial charge < -0.3 is 15.2 Å². The number of nitrogens with zero attached hydrogens (tertiary/aromatic N) is 4. The van der Waals surface area contributed by atoms with Crippen LogP contribution in [0.5, 0.6) is 0 Å². The Kier molecular flexibility index (Phi) is 4.43. The van der Waals surface area contributed by atoms with Gasteiger partial charge in [0.25, 0.3) is 5.91 Å². The van der Waals surface area contributed by atoms with E-state index in [2.05, 4.69) is 52.3 Å². The van der Waals surface area contributed by atoms with Gasteiger partial charge >= 0.3 is 0 Å². The van der Waals surface area contributed by atoms with E-state index in [0.29, 0.717) is 31.0 Å². The summed E-state index contributed by atoms with van der Waals surface area (Å²) in [6, 6.07) is 11.8. The zero-order valence-corrected chi connectivity index (χ0v) is 16.9. The van der Waals surface area contributed by atoms with Crippen molar-refractivity contribution in [1.82, 2.24) is 24.8 Å². The number of hydrogen-bond donors (Lipinski definition) is 2. The summed E-state index contributed by atoms with van der Waals surface area (Å²) in [6.45, 7) is 5.29. The smallest absolute Gasteiger partial charge is 0.254 e. The van der Waals surface area contributed by atoms with Crippen molar-refractivity contribution in [2.24, 2.45) is 0 Å². The topological polar surface area (TPSA) is 86.8 Å². The SMILES string of the molecule is Cc1cc(C)cc(Nc2ncc3c(n2)CCN(C(=O)c2ccc4nc[nH]c4c2)C3)c1. The first-order chi connectivity index (χ1) is 14.5. The number of aromatic nitrogens is 4. The number of anilines is 2. The van der Waals surface area contributed by atoms with Crippen LogP contribution in [-0.2, 0) is 13.0 Å². The Labute approximate surface area is 174 Å². The Morgan fingerprint density at radius 2 is 1.93 bits per heavy atom. The van der Waals surface area contributed by atoms with Gasteiger partial charge in [-0.15, -0.1) is 0 Å². The van der Waals surface area contributed by atoms with Crippen molar-refractivity contribution < 1.29 is 4.79 Å². The maximum atomic E-state index is 13.0. The molecule has 0 spiro atoms. The second-order valence-corrected chi connectivity index (χ2v) is 7.78. The zero-order valence-electron chi connectivity index (χ0n) is 16.9. The van der Waals surface area contributed by atoms with Gasteiger partial charge in [-0.2, -0.15) is 0 Å². The summed E-state index contributed by atoms with van der Waals surface area (Å²) in [5.41, 5.74) is 7.72. The van der Waals surface area contributed by atoms with Crippen molar-refractivity contribution in [2.45, 2.75) is 26.8 Å². The van der Waals surface area contributed by atoms with E-state index in [1.807, 2.05) is 29.3 Å². The van der Waals surface area contributed by atoms with Gasteiger partial charge in [0.1, 0.15) is 0 Å². The van der Waals surface area contributed by atoms with Crippen LogP contribution in [0.3, 0.4) is 0 Å². The van der Waals surface area contributed by atoms with E-state index in [0.717, 1.165) is 28.0 Å². The molecule has 0 saturated heterocycles. The summed E-state index contributed by atoms with van der Waals surface area (Å²) < 4.78 is 0. The molecule has 0 aliphatic carbocycles. The molecule has 7 heteroatoms. The number of benzene rings is 2. The third-order valence-electron chi connectivity index (χ3n) is 5.37. The van der Waals surface area contributed by atoms with Crippen LogP contribution in [0.4, 0.5) is 11.6 Å². The Hall–Kier alpha value is -3.74. The van der Waals surface area contributed by atoms with Crippen LogP contribution in [0.1, 0.15) is 32.7 Å². The van der Waals surface area contributed by atoms with Gasteiger partial charge in [0.15, 0.2) is 0 Å². The molecule has 0 radical (unpaired) electrons. The summed E-state index contributed by atoms with van der Waals surface area (Å²) in [5.74, 6) is 0.595. The summed E-state index contributed by atoms with van der Waals surface area (Å²) in [7, 11) is 0. The molecule has 0 saturated carbocycles. The number of H-pyrrole nitrogens is 1. The molecule has 2 aromatic carbocycles. The van der Waals surface area contributed by atoms with Crippen molar-refractivity contribution in [3.05, 3.63) is 76.9 Å². The molecule has 1 aliphatic heterocycles. The number of nitrogens with one attached hydrogen (secondary N) is 2. The summed E-state index contributed by atoms with van der Waals surface area (Å²) in [4.78, 5) is 31.3. The quantitative estimate of drug-likeness (QED) is 0.546. The molecule has 5 rings (SSSR count). The van der Waals surface area contributed by atoms with Crippen LogP contribution in [0.25, 0.3) is 11.0 Å². The van der Waals surface area contributed by atoms with Crippen molar-refractivity contribution in [3.8, 4) is 0 Å². The second kappa shape index (κ2) is 7.26. The number of hydrogen-bond acceptors (Lipinski definition) is 5. The number of carbonyl (C=O) groups excluding carboxylic acids is 1. The molecule has 7 nitrogen and oxygen atoms in total. The fourth-order valence-electron chi connectivity index (χ4n) is 3.98. The van der Waals surface area contributed by atoms with Crippen LogP contribution >= 0.6 is 0 Å². The Morgan fingerprint density at radius 1 is 1.10 bits per heavy atom. The molecule has 0 bridgehead atoms. The lowest BCUT2D eigenvalue weighted by atomic mass is 10.1. The van der Waals surface area contributed by atoms with Crippen LogP contribution in [0.15, 0.2) is 48.9 Å². The average Bonchev–Trinajstić information content (AvgIpc) is 3.20. The van der Waals surface area contributed by atoms with Crippen LogP contribution in [0, 0.1) is 13.8 Å². The van der Waals surface area contributed by atoms with E-state index < -0.39 is 0 Å². The monoisotopic (exact) mass is 398 g/mol. The molecule has 30 heavy (non-hydrogen) atoms. The van der Waals surface area contributed by atoms with E-state index in [4.69, 9.17) is 4.98 Å². The summed E-state index contributed by atoms with van der Waals surface area (Å²) in [6.07, 6.45) is 4.17. The van der Waals surface area contributed by atoms with E-state index in [9.17, 15) is 4.79 Å². The first-order valence-corrected chi connectivity index (χ1v) is 9.98. The molecule has 1 amide bonds. The maximum Gasteiger partial charge on any atom is 0.254 e. The van der Waals surface area contributed by atoms with Crippen molar-refractivity contribution in [3.63, 3.8) is 0 Å². The zero-order chi connectivity index (χ0) is 20.7. The highest BCUT2D eigenvalue weighted by atomic mass is 16.2. The third-order valence-corrected chi connectivity index (χ3v) is 5.37. The maximum absolute atomic E-state index is 13.0. The Balaban J connectivity index is 1.33. The number of imidazole rings is 1. The van der Waals surface area contributed by atoms with Gasteiger partial charge in [-0.3, -0.25) is 4.79 Å². The Morgan fingerprint density at radius 3 is 2.77 bits per heavy atom. The van der Waals surface area contributed by atoms with Crippen LogP contribution in [-0.4, -0.2) is 37.3 Å². The van der Waals surface area contributed by atoms with Crippen LogP contribution in [0.2, 0.25) is 0 Å². The lowest BCUT2D eigenvalue weighted by Gasteiger charge is -2.28. The van der Waals surface area contributed by atoms with E-state index >= 15 is 0 Å². The molecule has 0 fully saturated rings. The molecular formula is C23H22N6O. The minimum atomic E-state index is 0.00888. The largest absolute Gasteiger partial charge is 0.345 e. The standard InChI is InChI=1S/C23H22N6O/c1-14-7-15(2)9-18(8-14)27-23-24-11-17-12-29(6-5-19(17)28-23)22(30)16-3-4-20-21(10-16)26-13-25-20/h3-4,7-11,13H,5-6,12H2,1-2H3,(H,25,26)(H,24,27,28). The predicted molar refractivity (Wildman–Crippen MR) is 116 cm³/mol. The molecule has 2 N–H and O–H groups in total. The second-order valence-electron chi connectivity index (χ2n) is 7.78. The van der Waals surface area contributed by atoms with Gasteiger partial charge in [-0.25, -0.2) is 15.0 Å². The van der Waals surface area contributed by atoms with Gasteiger partial charge in [-0.05, 0) is 55.3 Å². The molecule has 0 atom stereocenters. The lowest BCUT2D eigenvalue weighted by Crippen LogP contribution is -2.36. The van der Waals surface area contributed by atoms with Gasteiger partial charge in [0.2, 0.25) is 5.95 Å².